The van der Waals surface area contributed by atoms with Crippen LogP contribution in [0.1, 0.15) is 6.92 Å². The first-order valence-electron chi connectivity index (χ1n) is 8.35. The third kappa shape index (κ3) is 4.40. The van der Waals surface area contributed by atoms with E-state index in [1.54, 1.807) is 42.2 Å². The molecule has 0 radical (unpaired) electrons. The number of carbonyl (C=O) groups excluding carboxylic acids is 1. The van der Waals surface area contributed by atoms with Gasteiger partial charge in [-0.2, -0.15) is 0 Å². The van der Waals surface area contributed by atoms with Gasteiger partial charge in [-0.1, -0.05) is 23.2 Å². The van der Waals surface area contributed by atoms with Crippen molar-refractivity contribution in [3.63, 3.8) is 0 Å². The van der Waals surface area contributed by atoms with Crippen LogP contribution in [-0.4, -0.2) is 43.1 Å². The van der Waals surface area contributed by atoms with Gasteiger partial charge in [-0.25, -0.2) is 4.39 Å². The molecule has 0 spiro atoms. The van der Waals surface area contributed by atoms with Crippen LogP contribution in [0.15, 0.2) is 42.5 Å². The summed E-state index contributed by atoms with van der Waals surface area (Å²) in [6.45, 7) is 4.24. The van der Waals surface area contributed by atoms with Crippen molar-refractivity contribution in [3.05, 3.63) is 58.3 Å². The Bertz CT molecular complexity index is 778. The standard InChI is InChI=1S/C19H19Cl2FN2O2/c1-13(26-18-7-2-14(20)12-17(18)21)19(25)24-10-8-23(9-11-24)16-5-3-15(22)4-6-16/h2-7,12-13H,8-11H2,1H3/t13-/m1/s1. The van der Waals surface area contributed by atoms with Crippen LogP contribution in [0.5, 0.6) is 5.75 Å². The molecule has 1 amide bonds. The Hall–Kier alpha value is -1.98. The van der Waals surface area contributed by atoms with Gasteiger partial charge in [-0.15, -0.1) is 0 Å². The van der Waals surface area contributed by atoms with Crippen molar-refractivity contribution in [1.29, 1.82) is 0 Å². The molecule has 26 heavy (non-hydrogen) atoms. The Balaban J connectivity index is 1.56. The van der Waals surface area contributed by atoms with Gasteiger partial charge in [0.1, 0.15) is 11.6 Å². The topological polar surface area (TPSA) is 32.8 Å². The molecule has 1 saturated heterocycles. The molecule has 1 heterocycles. The molecular formula is C19H19Cl2FN2O2. The molecule has 2 aromatic rings. The van der Waals surface area contributed by atoms with E-state index in [0.717, 1.165) is 5.69 Å². The molecule has 0 aromatic heterocycles. The Morgan fingerprint density at radius 3 is 2.35 bits per heavy atom. The second-order valence-corrected chi connectivity index (χ2v) is 6.97. The minimum atomic E-state index is -0.647. The number of ether oxygens (including phenoxy) is 1. The van der Waals surface area contributed by atoms with E-state index >= 15 is 0 Å². The zero-order chi connectivity index (χ0) is 18.7. The van der Waals surface area contributed by atoms with Gasteiger partial charge in [0.25, 0.3) is 5.91 Å². The Kier molecular flexibility index (Phi) is 5.89. The summed E-state index contributed by atoms with van der Waals surface area (Å²) < 4.78 is 18.7. The maximum absolute atomic E-state index is 13.0. The summed E-state index contributed by atoms with van der Waals surface area (Å²) >= 11 is 12.0. The highest BCUT2D eigenvalue weighted by molar-refractivity contribution is 6.35. The Morgan fingerprint density at radius 2 is 1.73 bits per heavy atom. The molecule has 1 aliphatic rings. The fraction of sp³-hybridized carbons (Fsp3) is 0.316. The Labute approximate surface area is 162 Å². The summed E-state index contributed by atoms with van der Waals surface area (Å²) in [5.41, 5.74) is 0.954. The van der Waals surface area contributed by atoms with E-state index in [4.69, 9.17) is 27.9 Å². The van der Waals surface area contributed by atoms with Crippen molar-refractivity contribution in [3.8, 4) is 5.75 Å². The number of rotatable bonds is 4. The third-order valence-corrected chi connectivity index (χ3v) is 4.86. The molecule has 1 atom stereocenters. The molecule has 2 aromatic carbocycles. The van der Waals surface area contributed by atoms with Gasteiger partial charge in [-0.05, 0) is 49.4 Å². The third-order valence-electron chi connectivity index (χ3n) is 4.33. The fourth-order valence-corrected chi connectivity index (χ4v) is 3.36. The number of hydrogen-bond acceptors (Lipinski definition) is 3. The molecular weight excluding hydrogens is 378 g/mol. The molecule has 0 aliphatic carbocycles. The van der Waals surface area contributed by atoms with Gasteiger partial charge < -0.3 is 14.5 Å². The summed E-state index contributed by atoms with van der Waals surface area (Å²) in [6, 6.07) is 11.3. The first-order valence-corrected chi connectivity index (χ1v) is 9.10. The van der Waals surface area contributed by atoms with Crippen molar-refractivity contribution >= 4 is 34.8 Å². The first-order chi connectivity index (χ1) is 12.4. The number of piperazine rings is 1. The van der Waals surface area contributed by atoms with Gasteiger partial charge in [0.2, 0.25) is 0 Å². The average molecular weight is 397 g/mol. The SMILES string of the molecule is C[C@@H](Oc1ccc(Cl)cc1Cl)C(=O)N1CCN(c2ccc(F)cc2)CC1. The first kappa shape index (κ1) is 18.8. The summed E-state index contributed by atoms with van der Waals surface area (Å²) in [7, 11) is 0. The lowest BCUT2D eigenvalue weighted by Crippen LogP contribution is -2.52. The predicted octanol–water partition coefficient (Wildman–Crippen LogP) is 4.25. The van der Waals surface area contributed by atoms with Crippen LogP contribution in [-0.2, 0) is 4.79 Å². The number of nitrogens with zero attached hydrogens (tertiary/aromatic N) is 2. The molecule has 0 saturated carbocycles. The van der Waals surface area contributed by atoms with E-state index in [2.05, 4.69) is 4.90 Å². The number of halogens is 3. The van der Waals surface area contributed by atoms with Crippen molar-refractivity contribution in [2.45, 2.75) is 13.0 Å². The van der Waals surface area contributed by atoms with Gasteiger partial charge in [0.05, 0.1) is 5.02 Å². The molecule has 1 aliphatic heterocycles. The largest absolute Gasteiger partial charge is 0.479 e. The Morgan fingerprint density at radius 1 is 1.08 bits per heavy atom. The lowest BCUT2D eigenvalue weighted by Gasteiger charge is -2.37. The highest BCUT2D eigenvalue weighted by atomic mass is 35.5. The number of benzene rings is 2. The molecule has 0 N–H and O–H groups in total. The lowest BCUT2D eigenvalue weighted by atomic mass is 10.2. The van der Waals surface area contributed by atoms with Gasteiger partial charge in [0, 0.05) is 36.9 Å². The minimum Gasteiger partial charge on any atom is -0.479 e. The monoisotopic (exact) mass is 396 g/mol. The van der Waals surface area contributed by atoms with Crippen molar-refractivity contribution < 1.29 is 13.9 Å². The summed E-state index contributed by atoms with van der Waals surface area (Å²) in [4.78, 5) is 16.5. The molecule has 3 rings (SSSR count). The highest BCUT2D eigenvalue weighted by Crippen LogP contribution is 2.28. The average Bonchev–Trinajstić information content (AvgIpc) is 2.64. The maximum atomic E-state index is 13.0. The fourth-order valence-electron chi connectivity index (χ4n) is 2.91. The molecule has 138 valence electrons. The van der Waals surface area contributed by atoms with Gasteiger partial charge in [-0.3, -0.25) is 4.79 Å². The summed E-state index contributed by atoms with van der Waals surface area (Å²) in [6.07, 6.45) is -0.647. The molecule has 0 bridgehead atoms. The molecule has 7 heteroatoms. The molecule has 1 fully saturated rings. The van der Waals surface area contributed by atoms with Crippen LogP contribution < -0.4 is 9.64 Å². The maximum Gasteiger partial charge on any atom is 0.263 e. The van der Waals surface area contributed by atoms with E-state index in [-0.39, 0.29) is 11.7 Å². The molecule has 0 unspecified atom stereocenters. The smallest absolute Gasteiger partial charge is 0.263 e. The van der Waals surface area contributed by atoms with Crippen LogP contribution in [0.4, 0.5) is 10.1 Å². The number of carbonyl (C=O) groups is 1. The summed E-state index contributed by atoms with van der Waals surface area (Å²) in [5, 5.41) is 0.886. The minimum absolute atomic E-state index is 0.0882. The van der Waals surface area contributed by atoms with Crippen LogP contribution in [0.25, 0.3) is 0 Å². The lowest BCUT2D eigenvalue weighted by molar-refractivity contribution is -0.138. The predicted molar refractivity (Wildman–Crippen MR) is 102 cm³/mol. The van der Waals surface area contributed by atoms with Crippen LogP contribution in [0.3, 0.4) is 0 Å². The van der Waals surface area contributed by atoms with Crippen LogP contribution >= 0.6 is 23.2 Å². The molecule has 4 nitrogen and oxygen atoms in total. The number of amides is 1. The van der Waals surface area contributed by atoms with E-state index in [1.807, 2.05) is 0 Å². The van der Waals surface area contributed by atoms with Crippen molar-refractivity contribution in [1.82, 2.24) is 4.90 Å². The quantitative estimate of drug-likeness (QED) is 0.774. The van der Waals surface area contributed by atoms with Crippen molar-refractivity contribution in [2.75, 3.05) is 31.1 Å². The van der Waals surface area contributed by atoms with Gasteiger partial charge >= 0.3 is 0 Å². The second-order valence-electron chi connectivity index (χ2n) is 6.12. The highest BCUT2D eigenvalue weighted by Gasteiger charge is 2.26. The number of anilines is 1. The van der Waals surface area contributed by atoms with Crippen LogP contribution in [0.2, 0.25) is 10.0 Å². The zero-order valence-corrected chi connectivity index (χ0v) is 15.8. The normalized spacial score (nSPS) is 15.7. The van der Waals surface area contributed by atoms with Gasteiger partial charge in [0.15, 0.2) is 6.10 Å². The number of hydrogen-bond donors (Lipinski definition) is 0. The van der Waals surface area contributed by atoms with E-state index in [0.29, 0.717) is 42.0 Å². The van der Waals surface area contributed by atoms with E-state index in [9.17, 15) is 9.18 Å². The van der Waals surface area contributed by atoms with E-state index in [1.165, 1.54) is 12.1 Å². The summed E-state index contributed by atoms with van der Waals surface area (Å²) in [5.74, 6) is 0.0889. The van der Waals surface area contributed by atoms with Crippen molar-refractivity contribution in [2.24, 2.45) is 0 Å². The van der Waals surface area contributed by atoms with E-state index < -0.39 is 6.10 Å². The zero-order valence-electron chi connectivity index (χ0n) is 14.3. The second kappa shape index (κ2) is 8.14. The van der Waals surface area contributed by atoms with Crippen LogP contribution in [0, 0.1) is 5.82 Å².